The molecular formula is C23H34N2O3. The van der Waals surface area contributed by atoms with Gasteiger partial charge in [-0.1, -0.05) is 39.3 Å². The molecule has 0 radical (unpaired) electrons. The molecule has 0 aromatic heterocycles. The van der Waals surface area contributed by atoms with Crippen molar-refractivity contribution in [1.82, 2.24) is 9.80 Å². The highest BCUT2D eigenvalue weighted by molar-refractivity contribution is 5.96. The number of amides is 2. The third-order valence-electron chi connectivity index (χ3n) is 5.86. The predicted molar refractivity (Wildman–Crippen MR) is 110 cm³/mol. The van der Waals surface area contributed by atoms with E-state index >= 15 is 0 Å². The molecule has 1 aromatic carbocycles. The summed E-state index contributed by atoms with van der Waals surface area (Å²) in [5.74, 6) is 0.842. The lowest BCUT2D eigenvalue weighted by Crippen LogP contribution is -2.54. The van der Waals surface area contributed by atoms with Crippen LogP contribution in [0.15, 0.2) is 24.3 Å². The second kappa shape index (κ2) is 8.54. The van der Waals surface area contributed by atoms with E-state index in [9.17, 15) is 9.59 Å². The van der Waals surface area contributed by atoms with Crippen molar-refractivity contribution in [3.63, 3.8) is 0 Å². The van der Waals surface area contributed by atoms with Crippen LogP contribution in [0.5, 0.6) is 5.75 Å². The van der Waals surface area contributed by atoms with Gasteiger partial charge in [0.15, 0.2) is 0 Å². The summed E-state index contributed by atoms with van der Waals surface area (Å²) in [6, 6.07) is 7.59. The molecule has 1 saturated carbocycles. The van der Waals surface area contributed by atoms with Gasteiger partial charge >= 0.3 is 0 Å². The molecule has 2 atom stereocenters. The summed E-state index contributed by atoms with van der Waals surface area (Å²) < 4.78 is 6.44. The first-order valence-corrected chi connectivity index (χ1v) is 10.6. The van der Waals surface area contributed by atoms with Crippen LogP contribution in [0.4, 0.5) is 0 Å². The summed E-state index contributed by atoms with van der Waals surface area (Å²) in [4.78, 5) is 30.0. The molecule has 1 fully saturated rings. The molecular weight excluding hydrogens is 352 g/mol. The average Bonchev–Trinajstić information content (AvgIpc) is 2.66. The number of fused-ring (bicyclic) bond motifs is 2. The fourth-order valence-corrected chi connectivity index (χ4v) is 4.27. The highest BCUT2D eigenvalue weighted by Crippen LogP contribution is 2.32. The molecule has 3 rings (SSSR count). The second-order valence-electron chi connectivity index (χ2n) is 9.19. The van der Waals surface area contributed by atoms with Crippen molar-refractivity contribution in [2.45, 2.75) is 71.4 Å². The lowest BCUT2D eigenvalue weighted by Gasteiger charge is -2.42. The van der Waals surface area contributed by atoms with Gasteiger partial charge in [-0.2, -0.15) is 0 Å². The smallest absolute Gasteiger partial charge is 0.257 e. The first-order chi connectivity index (χ1) is 13.3. The minimum Gasteiger partial charge on any atom is -0.487 e. The van der Waals surface area contributed by atoms with Crippen molar-refractivity contribution < 1.29 is 14.3 Å². The highest BCUT2D eigenvalue weighted by Gasteiger charge is 2.38. The Morgan fingerprint density at radius 3 is 2.46 bits per heavy atom. The zero-order valence-electron chi connectivity index (χ0n) is 17.7. The van der Waals surface area contributed by atoms with Crippen molar-refractivity contribution in [3.8, 4) is 5.75 Å². The van der Waals surface area contributed by atoms with E-state index in [1.54, 1.807) is 4.90 Å². The molecule has 5 nitrogen and oxygen atoms in total. The van der Waals surface area contributed by atoms with E-state index in [4.69, 9.17) is 4.74 Å². The number of nitrogens with zero attached hydrogens (tertiary/aromatic N) is 2. The fourth-order valence-electron chi connectivity index (χ4n) is 4.27. The van der Waals surface area contributed by atoms with E-state index in [1.165, 1.54) is 0 Å². The van der Waals surface area contributed by atoms with Crippen LogP contribution in [0.2, 0.25) is 0 Å². The van der Waals surface area contributed by atoms with Gasteiger partial charge < -0.3 is 14.5 Å². The van der Waals surface area contributed by atoms with Crippen molar-refractivity contribution >= 4 is 11.8 Å². The number of hydrogen-bond acceptors (Lipinski definition) is 3. The van der Waals surface area contributed by atoms with Gasteiger partial charge in [0.1, 0.15) is 11.9 Å². The van der Waals surface area contributed by atoms with E-state index in [0.717, 1.165) is 45.1 Å². The molecule has 154 valence electrons. The van der Waals surface area contributed by atoms with Crippen LogP contribution in [0.3, 0.4) is 0 Å². The lowest BCUT2D eigenvalue weighted by molar-refractivity contribution is -0.145. The lowest BCUT2D eigenvalue weighted by atomic mass is 9.87. The maximum atomic E-state index is 13.3. The Morgan fingerprint density at radius 1 is 1.04 bits per heavy atom. The summed E-state index contributed by atoms with van der Waals surface area (Å²) in [5.41, 5.74) is 0.201. The minimum absolute atomic E-state index is 0.00570. The van der Waals surface area contributed by atoms with Crippen LogP contribution in [0.25, 0.3) is 0 Å². The van der Waals surface area contributed by atoms with Crippen LogP contribution >= 0.6 is 0 Å². The molecule has 0 saturated heterocycles. The van der Waals surface area contributed by atoms with Crippen LogP contribution in [-0.2, 0) is 4.79 Å². The third-order valence-corrected chi connectivity index (χ3v) is 5.86. The average molecular weight is 387 g/mol. The van der Waals surface area contributed by atoms with E-state index in [-0.39, 0.29) is 24.0 Å². The second-order valence-corrected chi connectivity index (χ2v) is 9.19. The first-order valence-electron chi connectivity index (χ1n) is 10.6. The largest absolute Gasteiger partial charge is 0.487 e. The standard InChI is InChI=1S/C23H34N2O3/c1-23(2,3)22(27)25-16-10-9-15-24(4)21(26)17-11-5-7-13-19(17)28-20-14-8-6-12-18(20)25/h5,7,11,13,18,20H,6,8-10,12,14-16H2,1-4H3/t18-,20+/m1/s1. The van der Waals surface area contributed by atoms with Crippen LogP contribution in [0.1, 0.15) is 69.7 Å². The van der Waals surface area contributed by atoms with E-state index < -0.39 is 5.41 Å². The monoisotopic (exact) mass is 386 g/mol. The zero-order valence-corrected chi connectivity index (χ0v) is 17.7. The summed E-state index contributed by atoms with van der Waals surface area (Å²) >= 11 is 0. The molecule has 1 aliphatic heterocycles. The number of para-hydroxylation sites is 1. The molecule has 2 aliphatic rings. The maximum Gasteiger partial charge on any atom is 0.257 e. The Balaban J connectivity index is 1.97. The fraction of sp³-hybridized carbons (Fsp3) is 0.652. The Morgan fingerprint density at radius 2 is 1.71 bits per heavy atom. The molecule has 28 heavy (non-hydrogen) atoms. The number of carbonyl (C=O) groups is 2. The van der Waals surface area contributed by atoms with Crippen LogP contribution < -0.4 is 4.74 Å². The van der Waals surface area contributed by atoms with Gasteiger partial charge in [-0.15, -0.1) is 0 Å². The highest BCUT2D eigenvalue weighted by atomic mass is 16.5. The Kier molecular flexibility index (Phi) is 6.31. The molecule has 1 aliphatic carbocycles. The maximum absolute atomic E-state index is 13.3. The number of rotatable bonds is 0. The van der Waals surface area contributed by atoms with Gasteiger partial charge in [0.2, 0.25) is 5.91 Å². The third kappa shape index (κ3) is 4.50. The quantitative estimate of drug-likeness (QED) is 0.674. The summed E-state index contributed by atoms with van der Waals surface area (Å²) in [6.45, 7) is 7.38. The van der Waals surface area contributed by atoms with Crippen molar-refractivity contribution in [3.05, 3.63) is 29.8 Å². The van der Waals surface area contributed by atoms with Gasteiger partial charge in [0.05, 0.1) is 11.6 Å². The summed E-state index contributed by atoms with van der Waals surface area (Å²) in [7, 11) is 1.84. The first kappa shape index (κ1) is 20.7. The molecule has 0 unspecified atom stereocenters. The topological polar surface area (TPSA) is 49.9 Å². The van der Waals surface area contributed by atoms with Crippen molar-refractivity contribution in [2.75, 3.05) is 20.1 Å². The van der Waals surface area contributed by atoms with Gasteiger partial charge in [-0.25, -0.2) is 0 Å². The molecule has 0 spiro atoms. The predicted octanol–water partition coefficient (Wildman–Crippen LogP) is 4.12. The molecule has 1 aromatic rings. The van der Waals surface area contributed by atoms with Crippen LogP contribution in [0, 0.1) is 5.41 Å². The van der Waals surface area contributed by atoms with E-state index in [2.05, 4.69) is 4.90 Å². The Labute approximate surface area is 169 Å². The number of carbonyl (C=O) groups excluding carboxylic acids is 2. The molecule has 0 bridgehead atoms. The van der Waals surface area contributed by atoms with E-state index in [0.29, 0.717) is 17.9 Å². The Bertz CT molecular complexity index is 710. The van der Waals surface area contributed by atoms with Gasteiger partial charge in [0, 0.05) is 25.6 Å². The van der Waals surface area contributed by atoms with Gasteiger partial charge in [-0.05, 0) is 44.2 Å². The Hall–Kier alpha value is -2.04. The zero-order chi connectivity index (χ0) is 20.3. The normalized spacial score (nSPS) is 24.4. The van der Waals surface area contributed by atoms with Crippen molar-refractivity contribution in [1.29, 1.82) is 0 Å². The molecule has 5 heteroatoms. The summed E-state index contributed by atoms with van der Waals surface area (Å²) in [6.07, 6.45) is 5.79. The number of benzene rings is 1. The van der Waals surface area contributed by atoms with Gasteiger partial charge in [0.25, 0.3) is 5.91 Å². The number of hydrogen-bond donors (Lipinski definition) is 0. The molecule has 1 heterocycles. The van der Waals surface area contributed by atoms with E-state index in [1.807, 2.05) is 52.1 Å². The summed E-state index contributed by atoms with van der Waals surface area (Å²) in [5, 5.41) is 0. The van der Waals surface area contributed by atoms with Crippen LogP contribution in [-0.4, -0.2) is 53.9 Å². The number of ether oxygens (including phenoxy) is 1. The minimum atomic E-state index is -0.413. The molecule has 0 N–H and O–H groups in total. The van der Waals surface area contributed by atoms with Gasteiger partial charge in [-0.3, -0.25) is 9.59 Å². The SMILES string of the molecule is CN1CCCCN(C(=O)C(C)(C)C)[C@@H]2CCCC[C@@H]2Oc2ccccc2C1=O. The molecule has 2 amide bonds. The van der Waals surface area contributed by atoms with Crippen molar-refractivity contribution in [2.24, 2.45) is 5.41 Å².